The van der Waals surface area contributed by atoms with Crippen molar-refractivity contribution in [3.63, 3.8) is 0 Å². The molecule has 0 bridgehead atoms. The van der Waals surface area contributed by atoms with Gasteiger partial charge in [0, 0.05) is 17.8 Å². The lowest BCUT2D eigenvalue weighted by atomic mass is 10.1. The summed E-state index contributed by atoms with van der Waals surface area (Å²) >= 11 is 0. The van der Waals surface area contributed by atoms with Crippen molar-refractivity contribution in [3.8, 4) is 6.07 Å². The van der Waals surface area contributed by atoms with Crippen LogP contribution in [0.25, 0.3) is 0 Å². The predicted molar refractivity (Wildman–Crippen MR) is 61.4 cm³/mol. The van der Waals surface area contributed by atoms with Gasteiger partial charge in [0.2, 0.25) is 5.91 Å². The number of hydrogen-bond donors (Lipinski definition) is 1. The van der Waals surface area contributed by atoms with Gasteiger partial charge in [0.15, 0.2) is 0 Å². The molecule has 0 atom stereocenters. The first-order valence-corrected chi connectivity index (χ1v) is 4.88. The van der Waals surface area contributed by atoms with E-state index >= 15 is 0 Å². The van der Waals surface area contributed by atoms with Crippen LogP contribution in [-0.2, 0) is 4.79 Å². The van der Waals surface area contributed by atoms with E-state index in [0.29, 0.717) is 16.8 Å². The number of nitro groups is 1. The van der Waals surface area contributed by atoms with Crippen LogP contribution in [0.3, 0.4) is 0 Å². The number of carbonyl (C=O) groups excluding carboxylic acids is 1. The number of nitro benzene ring substituents is 1. The molecule has 1 N–H and O–H groups in total. The largest absolute Gasteiger partial charge is 0.325 e. The predicted octanol–water partition coefficient (Wildman–Crippen LogP) is 2.06. The summed E-state index contributed by atoms with van der Waals surface area (Å²) in [5.41, 5.74) is 1.71. The Labute approximate surface area is 98.0 Å². The summed E-state index contributed by atoms with van der Waals surface area (Å²) in [4.78, 5) is 21.4. The molecule has 0 aliphatic heterocycles. The minimum Gasteiger partial charge on any atom is -0.325 e. The quantitative estimate of drug-likeness (QED) is 0.638. The van der Waals surface area contributed by atoms with E-state index in [1.54, 1.807) is 19.9 Å². The lowest BCUT2D eigenvalue weighted by Gasteiger charge is -2.10. The third kappa shape index (κ3) is 3.01. The molecule has 1 aromatic rings. The molecular formula is C11H11N3O3. The molecule has 0 aromatic heterocycles. The van der Waals surface area contributed by atoms with Crippen molar-refractivity contribution >= 4 is 17.3 Å². The lowest BCUT2D eigenvalue weighted by molar-refractivity contribution is -0.384. The molecule has 0 fully saturated rings. The van der Waals surface area contributed by atoms with Crippen molar-refractivity contribution in [2.75, 3.05) is 5.32 Å². The minimum absolute atomic E-state index is 0.0155. The van der Waals surface area contributed by atoms with E-state index in [2.05, 4.69) is 5.32 Å². The van der Waals surface area contributed by atoms with Gasteiger partial charge in [-0.1, -0.05) is 0 Å². The summed E-state index contributed by atoms with van der Waals surface area (Å²) in [6, 6.07) is 4.50. The molecule has 1 rings (SSSR count). The first-order valence-electron chi connectivity index (χ1n) is 4.88. The molecule has 0 unspecified atom stereocenters. The highest BCUT2D eigenvalue weighted by Crippen LogP contribution is 2.26. The standard InChI is InChI=1S/C11H11N3O3/c1-7-5-9(14(16)17)6-8(2)11(7)13-10(15)3-4-12/h5-6H,3H2,1-2H3,(H,13,15). The average Bonchev–Trinajstić information content (AvgIpc) is 2.23. The first-order chi connectivity index (χ1) is 7.95. The highest BCUT2D eigenvalue weighted by Gasteiger charge is 2.13. The Morgan fingerprint density at radius 2 is 2.00 bits per heavy atom. The van der Waals surface area contributed by atoms with Gasteiger partial charge in [0.25, 0.3) is 5.69 Å². The Morgan fingerprint density at radius 3 is 2.41 bits per heavy atom. The number of hydrogen-bond acceptors (Lipinski definition) is 4. The van der Waals surface area contributed by atoms with Crippen molar-refractivity contribution in [1.82, 2.24) is 0 Å². The number of nitrogens with one attached hydrogen (secondary N) is 1. The molecular weight excluding hydrogens is 222 g/mol. The van der Waals surface area contributed by atoms with Gasteiger partial charge in [-0.05, 0) is 25.0 Å². The van der Waals surface area contributed by atoms with Gasteiger partial charge in [0.05, 0.1) is 11.0 Å². The SMILES string of the molecule is Cc1cc([N+](=O)[O-])cc(C)c1NC(=O)CC#N. The maximum atomic E-state index is 11.3. The van der Waals surface area contributed by atoms with Crippen LogP contribution < -0.4 is 5.32 Å². The van der Waals surface area contributed by atoms with Gasteiger partial charge in [-0.2, -0.15) is 5.26 Å². The Bertz CT molecular complexity index is 494. The number of anilines is 1. The van der Waals surface area contributed by atoms with E-state index in [0.717, 1.165) is 0 Å². The Hall–Kier alpha value is -2.42. The van der Waals surface area contributed by atoms with E-state index < -0.39 is 10.8 Å². The zero-order chi connectivity index (χ0) is 13.0. The van der Waals surface area contributed by atoms with Crippen molar-refractivity contribution in [3.05, 3.63) is 33.4 Å². The van der Waals surface area contributed by atoms with Crippen molar-refractivity contribution in [2.45, 2.75) is 20.3 Å². The number of benzene rings is 1. The topological polar surface area (TPSA) is 96.0 Å². The van der Waals surface area contributed by atoms with E-state index in [1.165, 1.54) is 12.1 Å². The molecule has 6 heteroatoms. The van der Waals surface area contributed by atoms with E-state index in [1.807, 2.05) is 0 Å². The second-order valence-corrected chi connectivity index (χ2v) is 3.59. The summed E-state index contributed by atoms with van der Waals surface area (Å²) in [6.45, 7) is 3.34. The molecule has 1 amide bonds. The summed E-state index contributed by atoms with van der Waals surface area (Å²) in [7, 11) is 0. The van der Waals surface area contributed by atoms with Crippen molar-refractivity contribution in [1.29, 1.82) is 5.26 Å². The van der Waals surface area contributed by atoms with E-state index in [-0.39, 0.29) is 12.1 Å². The molecule has 0 saturated carbocycles. The molecule has 88 valence electrons. The van der Waals surface area contributed by atoms with E-state index in [4.69, 9.17) is 5.26 Å². The third-order valence-corrected chi connectivity index (χ3v) is 2.23. The van der Waals surface area contributed by atoms with Gasteiger partial charge in [-0.3, -0.25) is 14.9 Å². The maximum absolute atomic E-state index is 11.3. The highest BCUT2D eigenvalue weighted by atomic mass is 16.6. The van der Waals surface area contributed by atoms with Gasteiger partial charge in [-0.15, -0.1) is 0 Å². The van der Waals surface area contributed by atoms with Crippen LogP contribution >= 0.6 is 0 Å². The normalized spacial score (nSPS) is 9.47. The molecule has 1 aromatic carbocycles. The van der Waals surface area contributed by atoms with Gasteiger partial charge in [0.1, 0.15) is 6.42 Å². The first kappa shape index (κ1) is 12.6. The molecule has 0 spiro atoms. The number of non-ortho nitro benzene ring substituents is 1. The fourth-order valence-corrected chi connectivity index (χ4v) is 1.50. The molecule has 0 radical (unpaired) electrons. The molecule has 0 saturated heterocycles. The van der Waals surface area contributed by atoms with Crippen LogP contribution in [-0.4, -0.2) is 10.8 Å². The average molecular weight is 233 g/mol. The van der Waals surface area contributed by atoms with E-state index in [9.17, 15) is 14.9 Å². The fourth-order valence-electron chi connectivity index (χ4n) is 1.50. The second-order valence-electron chi connectivity index (χ2n) is 3.59. The Kier molecular flexibility index (Phi) is 3.78. The second kappa shape index (κ2) is 5.07. The maximum Gasteiger partial charge on any atom is 0.270 e. The van der Waals surface area contributed by atoms with Gasteiger partial charge >= 0.3 is 0 Å². The monoisotopic (exact) mass is 233 g/mol. The fraction of sp³-hybridized carbons (Fsp3) is 0.273. The van der Waals surface area contributed by atoms with Crippen LogP contribution in [0.2, 0.25) is 0 Å². The number of nitrogens with zero attached hydrogens (tertiary/aromatic N) is 2. The van der Waals surface area contributed by atoms with Crippen molar-refractivity contribution in [2.24, 2.45) is 0 Å². The van der Waals surface area contributed by atoms with Crippen molar-refractivity contribution < 1.29 is 9.72 Å². The summed E-state index contributed by atoms with van der Waals surface area (Å²) in [6.07, 6.45) is -0.240. The lowest BCUT2D eigenvalue weighted by Crippen LogP contribution is -2.12. The number of carbonyl (C=O) groups is 1. The van der Waals surface area contributed by atoms with Crippen LogP contribution in [0.4, 0.5) is 11.4 Å². The molecule has 0 aliphatic rings. The summed E-state index contributed by atoms with van der Waals surface area (Å²) < 4.78 is 0. The number of rotatable bonds is 3. The molecule has 6 nitrogen and oxygen atoms in total. The van der Waals surface area contributed by atoms with Crippen LogP contribution in [0.5, 0.6) is 0 Å². The number of nitriles is 1. The smallest absolute Gasteiger partial charge is 0.270 e. The molecule has 0 aliphatic carbocycles. The van der Waals surface area contributed by atoms with Gasteiger partial charge in [-0.25, -0.2) is 0 Å². The zero-order valence-corrected chi connectivity index (χ0v) is 9.48. The minimum atomic E-state index is -0.485. The zero-order valence-electron chi connectivity index (χ0n) is 9.48. The van der Waals surface area contributed by atoms with Crippen LogP contribution in [0, 0.1) is 35.3 Å². The summed E-state index contributed by atoms with van der Waals surface area (Å²) in [5, 5.41) is 21.5. The number of amides is 1. The van der Waals surface area contributed by atoms with Crippen LogP contribution in [0.15, 0.2) is 12.1 Å². The highest BCUT2D eigenvalue weighted by molar-refractivity contribution is 5.93. The Morgan fingerprint density at radius 1 is 1.47 bits per heavy atom. The Balaban J connectivity index is 3.07. The summed E-state index contributed by atoms with van der Waals surface area (Å²) in [5.74, 6) is -0.424. The van der Waals surface area contributed by atoms with Gasteiger partial charge < -0.3 is 5.32 Å². The van der Waals surface area contributed by atoms with Crippen LogP contribution in [0.1, 0.15) is 17.5 Å². The third-order valence-electron chi connectivity index (χ3n) is 2.23. The number of aryl methyl sites for hydroxylation is 2. The molecule has 17 heavy (non-hydrogen) atoms. The molecule has 0 heterocycles.